The molecule has 0 radical (unpaired) electrons. The summed E-state index contributed by atoms with van der Waals surface area (Å²) in [6.07, 6.45) is 5.71. The van der Waals surface area contributed by atoms with Gasteiger partial charge < -0.3 is 9.47 Å². The highest BCUT2D eigenvalue weighted by Crippen LogP contribution is 2.25. The van der Waals surface area contributed by atoms with Gasteiger partial charge >= 0.3 is 5.97 Å². The van der Waals surface area contributed by atoms with E-state index in [2.05, 4.69) is 11.8 Å². The summed E-state index contributed by atoms with van der Waals surface area (Å²) in [6.45, 7) is 5.60. The molecule has 1 aliphatic rings. The molecule has 0 aliphatic carbocycles. The van der Waals surface area contributed by atoms with Crippen LogP contribution in [0.25, 0.3) is 0 Å². The number of benzene rings is 1. The molecule has 0 aromatic heterocycles. The van der Waals surface area contributed by atoms with Crippen molar-refractivity contribution in [1.82, 2.24) is 4.90 Å². The maximum Gasteiger partial charge on any atom is 0.328 e. The van der Waals surface area contributed by atoms with E-state index in [1.807, 2.05) is 30.3 Å². The van der Waals surface area contributed by atoms with Crippen LogP contribution < -0.4 is 0 Å². The van der Waals surface area contributed by atoms with Gasteiger partial charge in [-0.25, -0.2) is 4.79 Å². The van der Waals surface area contributed by atoms with Gasteiger partial charge in [-0.1, -0.05) is 50.1 Å². The first-order valence-electron chi connectivity index (χ1n) is 8.86. The summed E-state index contributed by atoms with van der Waals surface area (Å²) in [4.78, 5) is 14.9. The van der Waals surface area contributed by atoms with E-state index in [0.29, 0.717) is 13.2 Å². The molecule has 0 saturated carbocycles. The Morgan fingerprint density at radius 3 is 2.52 bits per heavy atom. The summed E-state index contributed by atoms with van der Waals surface area (Å²) < 4.78 is 11.0. The zero-order valence-corrected chi connectivity index (χ0v) is 14.2. The lowest BCUT2D eigenvalue weighted by molar-refractivity contribution is -0.152. The third-order valence-electron chi connectivity index (χ3n) is 4.21. The number of hydrogen-bond donors (Lipinski definition) is 0. The molecule has 1 saturated heterocycles. The molecule has 1 aromatic carbocycles. The molecule has 1 atom stereocenters. The number of piperidine rings is 1. The third kappa shape index (κ3) is 5.96. The molecule has 4 heteroatoms. The van der Waals surface area contributed by atoms with Gasteiger partial charge in [-0.15, -0.1) is 0 Å². The minimum absolute atomic E-state index is 0.155. The second kappa shape index (κ2) is 10.4. The summed E-state index contributed by atoms with van der Waals surface area (Å²) in [6, 6.07) is 9.67. The minimum atomic E-state index is -0.285. The summed E-state index contributed by atoms with van der Waals surface area (Å²) in [5.74, 6) is -0.155. The maximum absolute atomic E-state index is 12.6. The number of carbonyl (C=O) groups excluding carboxylic acids is 1. The van der Waals surface area contributed by atoms with Crippen LogP contribution in [-0.2, 0) is 14.3 Å². The fraction of sp³-hybridized carbons (Fsp3) is 0.632. The second-order valence-corrected chi connectivity index (χ2v) is 6.04. The fourth-order valence-electron chi connectivity index (χ4n) is 2.94. The SMILES string of the molecule is CCCCOCCOC(=O)C(c1ccccc1)N1CCCCC1. The van der Waals surface area contributed by atoms with Crippen molar-refractivity contribution >= 4 is 5.97 Å². The van der Waals surface area contributed by atoms with Crippen LogP contribution in [-0.4, -0.2) is 43.8 Å². The van der Waals surface area contributed by atoms with Crippen LogP contribution >= 0.6 is 0 Å². The largest absolute Gasteiger partial charge is 0.462 e. The molecule has 1 heterocycles. The molecule has 4 nitrogen and oxygen atoms in total. The van der Waals surface area contributed by atoms with Gasteiger partial charge in [0.25, 0.3) is 0 Å². The van der Waals surface area contributed by atoms with Crippen LogP contribution in [0.5, 0.6) is 0 Å². The average molecular weight is 319 g/mol. The molecule has 1 aromatic rings. The molecule has 1 fully saturated rings. The van der Waals surface area contributed by atoms with Gasteiger partial charge in [-0.2, -0.15) is 0 Å². The van der Waals surface area contributed by atoms with Gasteiger partial charge in [0.1, 0.15) is 12.6 Å². The molecule has 0 N–H and O–H groups in total. The van der Waals surface area contributed by atoms with Crippen LogP contribution in [0.15, 0.2) is 30.3 Å². The van der Waals surface area contributed by atoms with Gasteiger partial charge in [0.15, 0.2) is 0 Å². The lowest BCUT2D eigenvalue weighted by atomic mass is 10.0. The Bertz CT molecular complexity index is 443. The van der Waals surface area contributed by atoms with E-state index in [1.165, 1.54) is 6.42 Å². The first-order valence-corrected chi connectivity index (χ1v) is 8.86. The van der Waals surface area contributed by atoms with Gasteiger partial charge in [0, 0.05) is 6.61 Å². The normalized spacial score (nSPS) is 16.9. The number of ether oxygens (including phenoxy) is 2. The predicted molar refractivity (Wildman–Crippen MR) is 91.3 cm³/mol. The highest BCUT2D eigenvalue weighted by molar-refractivity contribution is 5.77. The van der Waals surface area contributed by atoms with Gasteiger partial charge in [0.2, 0.25) is 0 Å². The van der Waals surface area contributed by atoms with Crippen molar-refractivity contribution in [2.75, 3.05) is 32.9 Å². The molecule has 23 heavy (non-hydrogen) atoms. The molecule has 128 valence electrons. The van der Waals surface area contributed by atoms with Crippen LogP contribution in [0.1, 0.15) is 50.6 Å². The summed E-state index contributed by atoms with van der Waals surface area (Å²) in [5, 5.41) is 0. The van der Waals surface area contributed by atoms with Crippen molar-refractivity contribution in [1.29, 1.82) is 0 Å². The Hall–Kier alpha value is -1.39. The molecule has 0 spiro atoms. The number of unbranched alkanes of at least 4 members (excludes halogenated alkanes) is 1. The van der Waals surface area contributed by atoms with Gasteiger partial charge in [0.05, 0.1) is 6.61 Å². The van der Waals surface area contributed by atoms with E-state index in [0.717, 1.165) is 50.9 Å². The first kappa shape index (κ1) is 18.0. The van der Waals surface area contributed by atoms with E-state index in [9.17, 15) is 4.79 Å². The minimum Gasteiger partial charge on any atom is -0.462 e. The molecule has 2 rings (SSSR count). The quantitative estimate of drug-likeness (QED) is 0.515. The standard InChI is InChI=1S/C19H29NO3/c1-2-3-14-22-15-16-23-19(21)18(17-10-6-4-7-11-17)20-12-8-5-9-13-20/h4,6-7,10-11,18H,2-3,5,8-9,12-16H2,1H3. The number of nitrogens with zero attached hydrogens (tertiary/aromatic N) is 1. The predicted octanol–water partition coefficient (Wildman–Crippen LogP) is 3.57. The van der Waals surface area contributed by atoms with Crippen molar-refractivity contribution < 1.29 is 14.3 Å². The van der Waals surface area contributed by atoms with Crippen molar-refractivity contribution in [3.8, 4) is 0 Å². The Morgan fingerprint density at radius 1 is 1.09 bits per heavy atom. The van der Waals surface area contributed by atoms with E-state index < -0.39 is 0 Å². The van der Waals surface area contributed by atoms with Gasteiger partial charge in [-0.3, -0.25) is 4.90 Å². The first-order chi connectivity index (χ1) is 11.3. The van der Waals surface area contributed by atoms with E-state index >= 15 is 0 Å². The fourth-order valence-corrected chi connectivity index (χ4v) is 2.94. The highest BCUT2D eigenvalue weighted by atomic mass is 16.6. The van der Waals surface area contributed by atoms with Crippen LogP contribution in [0.2, 0.25) is 0 Å². The second-order valence-electron chi connectivity index (χ2n) is 6.04. The van der Waals surface area contributed by atoms with Crippen LogP contribution in [0.3, 0.4) is 0 Å². The number of rotatable bonds is 9. The van der Waals surface area contributed by atoms with Crippen LogP contribution in [0, 0.1) is 0 Å². The zero-order chi connectivity index (χ0) is 16.3. The van der Waals surface area contributed by atoms with Crippen molar-refractivity contribution in [3.63, 3.8) is 0 Å². The monoisotopic (exact) mass is 319 g/mol. The summed E-state index contributed by atoms with van der Waals surface area (Å²) in [7, 11) is 0. The molecular weight excluding hydrogens is 290 g/mol. The van der Waals surface area contributed by atoms with Crippen molar-refractivity contribution in [2.24, 2.45) is 0 Å². The molecular formula is C19H29NO3. The number of esters is 1. The molecule has 1 unspecified atom stereocenters. The Balaban J connectivity index is 1.89. The Morgan fingerprint density at radius 2 is 1.83 bits per heavy atom. The zero-order valence-electron chi connectivity index (χ0n) is 14.2. The Kier molecular flexibility index (Phi) is 8.12. The lowest BCUT2D eigenvalue weighted by Crippen LogP contribution is -2.39. The Labute approximate surface area is 139 Å². The number of likely N-dealkylation sites (tertiary alicyclic amines) is 1. The molecule has 1 aliphatic heterocycles. The van der Waals surface area contributed by atoms with E-state index in [-0.39, 0.29) is 12.0 Å². The van der Waals surface area contributed by atoms with Crippen LogP contribution in [0.4, 0.5) is 0 Å². The van der Waals surface area contributed by atoms with Crippen molar-refractivity contribution in [3.05, 3.63) is 35.9 Å². The maximum atomic E-state index is 12.6. The molecule has 0 bridgehead atoms. The highest BCUT2D eigenvalue weighted by Gasteiger charge is 2.29. The van der Waals surface area contributed by atoms with Crippen molar-refractivity contribution in [2.45, 2.75) is 45.1 Å². The third-order valence-corrected chi connectivity index (χ3v) is 4.21. The number of carbonyl (C=O) groups is 1. The van der Waals surface area contributed by atoms with E-state index in [4.69, 9.17) is 9.47 Å². The van der Waals surface area contributed by atoms with E-state index in [1.54, 1.807) is 0 Å². The summed E-state index contributed by atoms with van der Waals surface area (Å²) >= 11 is 0. The van der Waals surface area contributed by atoms with Gasteiger partial charge in [-0.05, 0) is 37.9 Å². The number of hydrogen-bond acceptors (Lipinski definition) is 4. The molecule has 0 amide bonds. The summed E-state index contributed by atoms with van der Waals surface area (Å²) in [5.41, 5.74) is 1.02. The topological polar surface area (TPSA) is 38.8 Å². The smallest absolute Gasteiger partial charge is 0.328 e. The lowest BCUT2D eigenvalue weighted by Gasteiger charge is -2.33. The average Bonchev–Trinajstić information content (AvgIpc) is 2.60.